The number of aliphatic hydroxyl groups is 1. The van der Waals surface area contributed by atoms with Crippen molar-refractivity contribution in [2.45, 2.75) is 52.6 Å². The summed E-state index contributed by atoms with van der Waals surface area (Å²) in [7, 11) is 0. The molecular weight excluding hydrogens is 308 g/mol. The molecule has 1 N–H and O–H groups in total. The predicted molar refractivity (Wildman–Crippen MR) is 92.2 cm³/mol. The molecule has 0 saturated carbocycles. The van der Waals surface area contributed by atoms with Crippen molar-refractivity contribution < 1.29 is 24.2 Å². The highest BCUT2D eigenvalue weighted by Gasteiger charge is 2.51. The second kappa shape index (κ2) is 9.62. The van der Waals surface area contributed by atoms with Crippen molar-refractivity contribution in [3.63, 3.8) is 0 Å². The second-order valence-electron chi connectivity index (χ2n) is 6.26. The van der Waals surface area contributed by atoms with Crippen LogP contribution in [0.1, 0.15) is 46.5 Å². The number of hydrogen-bond donors (Lipinski definition) is 1. The number of carbonyl (C=O) groups is 2. The van der Waals surface area contributed by atoms with Gasteiger partial charge in [-0.3, -0.25) is 9.59 Å². The van der Waals surface area contributed by atoms with Crippen LogP contribution in [-0.2, 0) is 19.1 Å². The van der Waals surface area contributed by atoms with Crippen LogP contribution in [0.15, 0.2) is 24.8 Å². The van der Waals surface area contributed by atoms with E-state index in [4.69, 9.17) is 14.6 Å². The third-order valence-corrected chi connectivity index (χ3v) is 4.82. The number of aliphatic hydroxyl groups excluding tert-OH is 1. The lowest BCUT2D eigenvalue weighted by Crippen LogP contribution is -2.47. The molecule has 4 unspecified atom stereocenters. The predicted octanol–water partition coefficient (Wildman–Crippen LogP) is 3.03. The molecule has 0 heterocycles. The molecular formula is C19H30O5. The quantitative estimate of drug-likeness (QED) is 0.376. The van der Waals surface area contributed by atoms with Crippen LogP contribution in [-0.4, -0.2) is 36.4 Å². The number of hydrogen-bond acceptors (Lipinski definition) is 5. The zero-order valence-electron chi connectivity index (χ0n) is 15.0. The number of carbonyl (C=O) groups excluding carboxylic acids is 2. The Hall–Kier alpha value is -1.62. The van der Waals surface area contributed by atoms with Gasteiger partial charge in [0.1, 0.15) is 6.10 Å². The summed E-state index contributed by atoms with van der Waals surface area (Å²) in [6.07, 6.45) is 7.71. The fourth-order valence-corrected chi connectivity index (χ4v) is 3.16. The average Bonchev–Trinajstić information content (AvgIpc) is 3.01. The molecule has 1 aliphatic rings. The third kappa shape index (κ3) is 4.47. The van der Waals surface area contributed by atoms with E-state index in [1.54, 1.807) is 26.8 Å². The summed E-state index contributed by atoms with van der Waals surface area (Å²) in [4.78, 5) is 25.3. The first kappa shape index (κ1) is 20.4. The van der Waals surface area contributed by atoms with Gasteiger partial charge in [0.25, 0.3) is 0 Å². The molecule has 1 rings (SSSR count). The normalized spacial score (nSPS) is 23.3. The van der Waals surface area contributed by atoms with Gasteiger partial charge in [0.05, 0.1) is 6.61 Å². The molecule has 0 aromatic heterocycles. The number of ether oxygens (including phenoxy) is 2. The molecule has 4 atom stereocenters. The van der Waals surface area contributed by atoms with Crippen LogP contribution in [0.2, 0.25) is 0 Å². The maximum Gasteiger partial charge on any atom is 0.324 e. The van der Waals surface area contributed by atoms with Crippen LogP contribution in [0.5, 0.6) is 0 Å². The van der Waals surface area contributed by atoms with Crippen molar-refractivity contribution in [3.8, 4) is 0 Å². The topological polar surface area (TPSA) is 72.8 Å². The Morgan fingerprint density at radius 3 is 2.62 bits per heavy atom. The summed E-state index contributed by atoms with van der Waals surface area (Å²) < 4.78 is 10.8. The summed E-state index contributed by atoms with van der Waals surface area (Å²) in [6.45, 7) is 9.38. The van der Waals surface area contributed by atoms with Crippen molar-refractivity contribution in [2.24, 2.45) is 17.3 Å². The van der Waals surface area contributed by atoms with Crippen molar-refractivity contribution in [1.29, 1.82) is 0 Å². The molecule has 0 aliphatic heterocycles. The molecule has 1 aliphatic carbocycles. The second-order valence-corrected chi connectivity index (χ2v) is 6.26. The van der Waals surface area contributed by atoms with E-state index in [9.17, 15) is 9.59 Å². The summed E-state index contributed by atoms with van der Waals surface area (Å²) in [6, 6.07) is 0. The van der Waals surface area contributed by atoms with Crippen LogP contribution in [0.4, 0.5) is 0 Å². The van der Waals surface area contributed by atoms with Gasteiger partial charge < -0.3 is 14.6 Å². The van der Waals surface area contributed by atoms with Crippen LogP contribution >= 0.6 is 0 Å². The van der Waals surface area contributed by atoms with Crippen LogP contribution in [0.25, 0.3) is 0 Å². The van der Waals surface area contributed by atoms with E-state index in [2.05, 4.69) is 6.58 Å². The Bertz CT molecular complexity index is 470. The molecule has 5 heteroatoms. The summed E-state index contributed by atoms with van der Waals surface area (Å²) >= 11 is 0. The minimum Gasteiger partial charge on any atom is -0.465 e. The fourth-order valence-electron chi connectivity index (χ4n) is 3.16. The zero-order valence-corrected chi connectivity index (χ0v) is 15.0. The van der Waals surface area contributed by atoms with Crippen molar-refractivity contribution >= 4 is 11.9 Å². The highest BCUT2D eigenvalue weighted by atomic mass is 16.6. The van der Waals surface area contributed by atoms with Gasteiger partial charge in [-0.25, -0.2) is 0 Å². The largest absolute Gasteiger partial charge is 0.465 e. The Balaban J connectivity index is 2.84. The molecule has 24 heavy (non-hydrogen) atoms. The minimum absolute atomic E-state index is 0.160. The maximum atomic E-state index is 12.8. The van der Waals surface area contributed by atoms with E-state index < -0.39 is 17.4 Å². The molecule has 0 spiro atoms. The Labute approximate surface area is 144 Å². The van der Waals surface area contributed by atoms with Gasteiger partial charge in [-0.2, -0.15) is 0 Å². The SMILES string of the molecule is C=CC(C)C(CC)(C(=O)OCC)C(=O)OC1C=CC(CCCO)C1. The lowest BCUT2D eigenvalue weighted by atomic mass is 9.74. The van der Waals surface area contributed by atoms with E-state index >= 15 is 0 Å². The third-order valence-electron chi connectivity index (χ3n) is 4.82. The molecule has 0 aromatic rings. The zero-order chi connectivity index (χ0) is 18.2. The molecule has 0 amide bonds. The Morgan fingerprint density at radius 1 is 1.38 bits per heavy atom. The molecule has 0 saturated heterocycles. The van der Waals surface area contributed by atoms with Gasteiger partial charge in [0, 0.05) is 12.5 Å². The van der Waals surface area contributed by atoms with Crippen LogP contribution < -0.4 is 0 Å². The highest BCUT2D eigenvalue weighted by molar-refractivity contribution is 6.00. The van der Waals surface area contributed by atoms with Crippen molar-refractivity contribution in [2.75, 3.05) is 13.2 Å². The summed E-state index contributed by atoms with van der Waals surface area (Å²) in [5.41, 5.74) is -1.35. The van der Waals surface area contributed by atoms with E-state index in [0.29, 0.717) is 18.8 Å². The fraction of sp³-hybridized carbons (Fsp3) is 0.684. The molecule has 0 aromatic carbocycles. The van der Waals surface area contributed by atoms with Gasteiger partial charge >= 0.3 is 11.9 Å². The van der Waals surface area contributed by atoms with Gasteiger partial charge in [-0.15, -0.1) is 6.58 Å². The van der Waals surface area contributed by atoms with E-state index in [-0.39, 0.29) is 25.2 Å². The first-order valence-electron chi connectivity index (χ1n) is 8.76. The highest BCUT2D eigenvalue weighted by Crippen LogP contribution is 2.37. The molecule has 0 fully saturated rings. The average molecular weight is 338 g/mol. The lowest BCUT2D eigenvalue weighted by molar-refractivity contribution is -0.177. The maximum absolute atomic E-state index is 12.8. The van der Waals surface area contributed by atoms with E-state index in [0.717, 1.165) is 12.8 Å². The standard InChI is InChI=1S/C19H30O5/c1-5-14(4)19(6-2,17(21)23-7-3)18(22)24-16-11-10-15(13-16)9-8-12-20/h5,10-11,14-16,20H,1,6-9,12-13H2,2-4H3. The van der Waals surface area contributed by atoms with Crippen LogP contribution in [0, 0.1) is 17.3 Å². The van der Waals surface area contributed by atoms with Gasteiger partial charge in [0.15, 0.2) is 5.41 Å². The monoisotopic (exact) mass is 338 g/mol. The number of esters is 2. The lowest BCUT2D eigenvalue weighted by Gasteiger charge is -2.33. The summed E-state index contributed by atoms with van der Waals surface area (Å²) in [5.74, 6) is -1.19. The van der Waals surface area contributed by atoms with Crippen LogP contribution in [0.3, 0.4) is 0 Å². The number of rotatable bonds is 10. The van der Waals surface area contributed by atoms with Gasteiger partial charge in [-0.05, 0) is 44.6 Å². The van der Waals surface area contributed by atoms with Gasteiger partial charge in [-0.1, -0.05) is 26.0 Å². The number of allylic oxidation sites excluding steroid dienone is 2. The van der Waals surface area contributed by atoms with E-state index in [1.165, 1.54) is 0 Å². The Kier molecular flexibility index (Phi) is 8.19. The van der Waals surface area contributed by atoms with Crippen molar-refractivity contribution in [1.82, 2.24) is 0 Å². The molecule has 0 radical (unpaired) electrons. The van der Waals surface area contributed by atoms with Crippen molar-refractivity contribution in [3.05, 3.63) is 24.8 Å². The minimum atomic E-state index is -1.35. The first-order chi connectivity index (χ1) is 11.5. The first-order valence-corrected chi connectivity index (χ1v) is 8.76. The summed E-state index contributed by atoms with van der Waals surface area (Å²) in [5, 5.41) is 8.91. The Morgan fingerprint density at radius 2 is 2.08 bits per heavy atom. The molecule has 0 bridgehead atoms. The molecule has 5 nitrogen and oxygen atoms in total. The van der Waals surface area contributed by atoms with Gasteiger partial charge in [0.2, 0.25) is 0 Å². The molecule has 136 valence electrons. The van der Waals surface area contributed by atoms with E-state index in [1.807, 2.05) is 12.2 Å². The smallest absolute Gasteiger partial charge is 0.324 e.